The molecule has 0 aliphatic carbocycles. The van der Waals surface area contributed by atoms with Crippen molar-refractivity contribution in [3.05, 3.63) is 12.2 Å². The predicted molar refractivity (Wildman–Crippen MR) is 58.5 cm³/mol. The number of likely N-dealkylation sites (N-methyl/N-ethyl adjacent to an activating group) is 1. The largest absolute Gasteiger partial charge is 0.338 e. The van der Waals surface area contributed by atoms with E-state index in [1.54, 1.807) is 4.90 Å². The molecule has 0 fully saturated rings. The third-order valence-corrected chi connectivity index (χ3v) is 1.81. The second-order valence-electron chi connectivity index (χ2n) is 3.32. The number of hydrogen-bond donors (Lipinski definition) is 1. The molecule has 0 radical (unpaired) electrons. The third kappa shape index (κ3) is 4.11. The van der Waals surface area contributed by atoms with E-state index in [0.29, 0.717) is 13.1 Å². The van der Waals surface area contributed by atoms with Crippen LogP contribution in [0.15, 0.2) is 12.2 Å². The Balaban J connectivity index is 4.31. The summed E-state index contributed by atoms with van der Waals surface area (Å²) in [5.41, 5.74) is 6.55. The molecule has 0 spiro atoms. The van der Waals surface area contributed by atoms with Crippen molar-refractivity contribution in [3.63, 3.8) is 0 Å². The van der Waals surface area contributed by atoms with Crippen LogP contribution in [0.4, 0.5) is 0 Å². The fourth-order valence-corrected chi connectivity index (χ4v) is 1.12. The predicted octanol–water partition coefficient (Wildman–Crippen LogP) is 0.762. The average molecular weight is 194 g/mol. The first-order valence-corrected chi connectivity index (χ1v) is 4.65. The Hall–Kier alpha value is -1.27. The van der Waals surface area contributed by atoms with Crippen LogP contribution in [0.1, 0.15) is 20.3 Å². The second-order valence-corrected chi connectivity index (χ2v) is 3.32. The highest BCUT2D eigenvalue weighted by Gasteiger charge is 2.18. The molecule has 0 saturated heterocycles. The monoisotopic (exact) mass is 194 g/mol. The van der Waals surface area contributed by atoms with Crippen molar-refractivity contribution >= 4 is 5.91 Å². The van der Waals surface area contributed by atoms with Crippen LogP contribution >= 0.6 is 0 Å². The topological polar surface area (TPSA) is 46.3 Å². The minimum absolute atomic E-state index is 0.103. The molecule has 0 saturated carbocycles. The summed E-state index contributed by atoms with van der Waals surface area (Å²) in [4.78, 5) is 13.3. The van der Waals surface area contributed by atoms with E-state index in [4.69, 9.17) is 12.2 Å². The normalized spacial score (nSPS) is 11.6. The van der Waals surface area contributed by atoms with Gasteiger partial charge in [0.2, 0.25) is 5.91 Å². The van der Waals surface area contributed by atoms with Crippen molar-refractivity contribution in [1.29, 1.82) is 0 Å². The van der Waals surface area contributed by atoms with Crippen molar-refractivity contribution < 1.29 is 4.79 Å². The standard InChI is InChI=1S/C11H18N2O/c1-5-7-10(12)11(14)13(6-2)8-9(3)4/h1,10H,3,6-8,12H2,2,4H3. The van der Waals surface area contributed by atoms with Gasteiger partial charge in [0, 0.05) is 19.5 Å². The fourth-order valence-electron chi connectivity index (χ4n) is 1.12. The highest BCUT2D eigenvalue weighted by molar-refractivity contribution is 5.82. The molecule has 2 N–H and O–H groups in total. The molecule has 0 aromatic carbocycles. The van der Waals surface area contributed by atoms with Gasteiger partial charge in [-0.25, -0.2) is 0 Å². The number of nitrogens with zero attached hydrogens (tertiary/aromatic N) is 1. The first-order chi connectivity index (χ1) is 6.52. The third-order valence-electron chi connectivity index (χ3n) is 1.81. The van der Waals surface area contributed by atoms with E-state index < -0.39 is 6.04 Å². The van der Waals surface area contributed by atoms with Crippen LogP contribution in [-0.2, 0) is 4.79 Å². The Bertz CT molecular complexity index is 253. The van der Waals surface area contributed by atoms with Crippen molar-refractivity contribution in [2.24, 2.45) is 5.73 Å². The quantitative estimate of drug-likeness (QED) is 0.519. The van der Waals surface area contributed by atoms with E-state index >= 15 is 0 Å². The zero-order chi connectivity index (χ0) is 11.1. The van der Waals surface area contributed by atoms with Crippen LogP contribution in [0, 0.1) is 12.3 Å². The maximum atomic E-state index is 11.7. The Labute approximate surface area is 86.0 Å². The molecule has 0 heterocycles. The van der Waals surface area contributed by atoms with Gasteiger partial charge >= 0.3 is 0 Å². The molecular formula is C11H18N2O. The molecule has 78 valence electrons. The second kappa shape index (κ2) is 6.22. The Morgan fingerprint density at radius 1 is 1.71 bits per heavy atom. The van der Waals surface area contributed by atoms with Crippen LogP contribution in [0.2, 0.25) is 0 Å². The van der Waals surface area contributed by atoms with Gasteiger partial charge < -0.3 is 10.6 Å². The Kier molecular flexibility index (Phi) is 5.66. The molecule has 14 heavy (non-hydrogen) atoms. The lowest BCUT2D eigenvalue weighted by molar-refractivity contribution is -0.131. The van der Waals surface area contributed by atoms with E-state index in [1.807, 2.05) is 13.8 Å². The van der Waals surface area contributed by atoms with Crippen LogP contribution in [0.25, 0.3) is 0 Å². The van der Waals surface area contributed by atoms with Crippen LogP contribution in [0.5, 0.6) is 0 Å². The smallest absolute Gasteiger partial charge is 0.240 e. The van der Waals surface area contributed by atoms with Crippen LogP contribution < -0.4 is 5.73 Å². The summed E-state index contributed by atoms with van der Waals surface area (Å²) in [6.45, 7) is 8.72. The van der Waals surface area contributed by atoms with E-state index in [2.05, 4.69) is 12.5 Å². The highest BCUT2D eigenvalue weighted by Crippen LogP contribution is 2.00. The lowest BCUT2D eigenvalue weighted by atomic mass is 10.2. The molecule has 3 heteroatoms. The number of carbonyl (C=O) groups excluding carboxylic acids is 1. The number of nitrogens with two attached hydrogens (primary N) is 1. The molecule has 0 bridgehead atoms. The maximum absolute atomic E-state index is 11.7. The van der Waals surface area contributed by atoms with Gasteiger partial charge in [-0.15, -0.1) is 12.3 Å². The van der Waals surface area contributed by atoms with Gasteiger partial charge in [0.1, 0.15) is 0 Å². The Morgan fingerprint density at radius 3 is 2.64 bits per heavy atom. The van der Waals surface area contributed by atoms with Gasteiger partial charge in [-0.05, 0) is 13.8 Å². The zero-order valence-corrected chi connectivity index (χ0v) is 8.92. The summed E-state index contributed by atoms with van der Waals surface area (Å²) in [7, 11) is 0. The first-order valence-electron chi connectivity index (χ1n) is 4.65. The van der Waals surface area contributed by atoms with Crippen LogP contribution in [-0.4, -0.2) is 29.9 Å². The molecule has 1 atom stereocenters. The SMILES string of the molecule is C#CCC(N)C(=O)N(CC)CC(=C)C. The summed E-state index contributed by atoms with van der Waals surface area (Å²) in [6, 6.07) is -0.584. The molecule has 3 nitrogen and oxygen atoms in total. The van der Waals surface area contributed by atoms with Gasteiger partial charge in [0.05, 0.1) is 6.04 Å². The zero-order valence-electron chi connectivity index (χ0n) is 8.92. The van der Waals surface area contributed by atoms with Gasteiger partial charge in [-0.3, -0.25) is 4.79 Å². The molecule has 0 aliphatic heterocycles. The summed E-state index contributed by atoms with van der Waals surface area (Å²) >= 11 is 0. The molecule has 1 unspecified atom stereocenters. The minimum atomic E-state index is -0.584. The van der Waals surface area contributed by atoms with Gasteiger partial charge in [0.25, 0.3) is 0 Å². The van der Waals surface area contributed by atoms with E-state index in [1.165, 1.54) is 0 Å². The lowest BCUT2D eigenvalue weighted by Gasteiger charge is -2.23. The number of carbonyl (C=O) groups is 1. The van der Waals surface area contributed by atoms with Crippen LogP contribution in [0.3, 0.4) is 0 Å². The van der Waals surface area contributed by atoms with Crippen molar-refractivity contribution in [2.75, 3.05) is 13.1 Å². The van der Waals surface area contributed by atoms with Crippen molar-refractivity contribution in [1.82, 2.24) is 4.90 Å². The number of rotatable bonds is 5. The lowest BCUT2D eigenvalue weighted by Crippen LogP contribution is -2.44. The maximum Gasteiger partial charge on any atom is 0.240 e. The number of amides is 1. The fraction of sp³-hybridized carbons (Fsp3) is 0.545. The summed E-state index contributed by atoms with van der Waals surface area (Å²) < 4.78 is 0. The van der Waals surface area contributed by atoms with Crippen molar-refractivity contribution in [2.45, 2.75) is 26.3 Å². The molecule has 0 aromatic heterocycles. The van der Waals surface area contributed by atoms with E-state index in [0.717, 1.165) is 5.57 Å². The average Bonchev–Trinajstić information content (AvgIpc) is 2.13. The molecular weight excluding hydrogens is 176 g/mol. The molecule has 0 aromatic rings. The van der Waals surface area contributed by atoms with E-state index in [-0.39, 0.29) is 12.3 Å². The molecule has 0 rings (SSSR count). The number of hydrogen-bond acceptors (Lipinski definition) is 2. The van der Waals surface area contributed by atoms with Gasteiger partial charge in [-0.1, -0.05) is 12.2 Å². The summed E-state index contributed by atoms with van der Waals surface area (Å²) in [5, 5.41) is 0. The van der Waals surface area contributed by atoms with Gasteiger partial charge in [-0.2, -0.15) is 0 Å². The number of terminal acetylenes is 1. The molecule has 1 amide bonds. The minimum Gasteiger partial charge on any atom is -0.338 e. The van der Waals surface area contributed by atoms with Gasteiger partial charge in [0.15, 0.2) is 0 Å². The first kappa shape index (κ1) is 12.7. The molecule has 0 aliphatic rings. The summed E-state index contributed by atoms with van der Waals surface area (Å²) in [5.74, 6) is 2.28. The Morgan fingerprint density at radius 2 is 2.29 bits per heavy atom. The van der Waals surface area contributed by atoms with Crippen molar-refractivity contribution in [3.8, 4) is 12.3 Å². The van der Waals surface area contributed by atoms with E-state index in [9.17, 15) is 4.79 Å². The highest BCUT2D eigenvalue weighted by atomic mass is 16.2. The summed E-state index contributed by atoms with van der Waals surface area (Å²) in [6.07, 6.45) is 5.38.